The van der Waals surface area contributed by atoms with Crippen molar-refractivity contribution < 1.29 is 9.47 Å². The molecule has 3 heteroatoms. The average molecular weight is 291 g/mol. The van der Waals surface area contributed by atoms with Crippen LogP contribution in [0.1, 0.15) is 44.6 Å². The predicted octanol–water partition coefficient (Wildman–Crippen LogP) is 3.59. The molecule has 1 N–H and O–H groups in total. The monoisotopic (exact) mass is 291 g/mol. The number of hydrogen-bond acceptors (Lipinski definition) is 3. The van der Waals surface area contributed by atoms with Gasteiger partial charge in [0.05, 0.1) is 7.11 Å². The van der Waals surface area contributed by atoms with E-state index in [0.717, 1.165) is 25.3 Å². The van der Waals surface area contributed by atoms with Crippen molar-refractivity contribution in [3.63, 3.8) is 0 Å². The molecule has 0 aliphatic heterocycles. The molecule has 0 aromatic heterocycles. The van der Waals surface area contributed by atoms with Gasteiger partial charge in [-0.25, -0.2) is 0 Å². The Labute approximate surface area is 129 Å². The second kappa shape index (κ2) is 7.28. The van der Waals surface area contributed by atoms with Crippen molar-refractivity contribution in [3.8, 4) is 5.75 Å². The first-order valence-corrected chi connectivity index (χ1v) is 7.90. The van der Waals surface area contributed by atoms with Crippen LogP contribution in [0.3, 0.4) is 0 Å². The number of methoxy groups -OCH3 is 2. The maximum Gasteiger partial charge on any atom is 0.119 e. The molecule has 1 aliphatic carbocycles. The van der Waals surface area contributed by atoms with Crippen LogP contribution in [0, 0.1) is 5.41 Å². The molecule has 0 unspecified atom stereocenters. The summed E-state index contributed by atoms with van der Waals surface area (Å²) in [4.78, 5) is 0. The van der Waals surface area contributed by atoms with Gasteiger partial charge in [-0.2, -0.15) is 0 Å². The minimum atomic E-state index is 0.303. The second-order valence-electron chi connectivity index (χ2n) is 6.93. The Hall–Kier alpha value is -1.06. The molecule has 0 atom stereocenters. The number of ether oxygens (including phenoxy) is 2. The largest absolute Gasteiger partial charge is 0.497 e. The molecule has 0 saturated heterocycles. The normalized spacial score (nSPS) is 21.9. The van der Waals surface area contributed by atoms with E-state index in [1.165, 1.54) is 18.4 Å². The zero-order valence-electron chi connectivity index (χ0n) is 13.8. The molecule has 1 aliphatic rings. The fourth-order valence-electron chi connectivity index (χ4n) is 2.84. The molecule has 1 fully saturated rings. The standard InChI is InChI=1S/C18H29NO2/c1-18(2,8-9-20-3)13-19-16-10-15(11-16)14-6-5-7-17(12-14)21-4/h5-7,12,15-16,19H,8-11,13H2,1-4H3. The topological polar surface area (TPSA) is 30.5 Å². The molecule has 2 rings (SSSR count). The average Bonchev–Trinajstić information content (AvgIpc) is 2.43. The lowest BCUT2D eigenvalue weighted by Gasteiger charge is -2.38. The third-order valence-corrected chi connectivity index (χ3v) is 4.56. The number of benzene rings is 1. The summed E-state index contributed by atoms with van der Waals surface area (Å²) in [5.41, 5.74) is 1.71. The minimum Gasteiger partial charge on any atom is -0.497 e. The fourth-order valence-corrected chi connectivity index (χ4v) is 2.84. The van der Waals surface area contributed by atoms with Gasteiger partial charge < -0.3 is 14.8 Å². The lowest BCUT2D eigenvalue weighted by Crippen LogP contribution is -2.44. The number of rotatable bonds is 8. The summed E-state index contributed by atoms with van der Waals surface area (Å²) in [6, 6.07) is 9.14. The van der Waals surface area contributed by atoms with E-state index in [9.17, 15) is 0 Å². The third-order valence-electron chi connectivity index (χ3n) is 4.56. The molecular formula is C18H29NO2. The van der Waals surface area contributed by atoms with Crippen LogP contribution < -0.4 is 10.1 Å². The molecule has 0 spiro atoms. The van der Waals surface area contributed by atoms with E-state index in [4.69, 9.17) is 9.47 Å². The van der Waals surface area contributed by atoms with Crippen molar-refractivity contribution in [2.75, 3.05) is 27.4 Å². The quantitative estimate of drug-likeness (QED) is 0.794. The fraction of sp³-hybridized carbons (Fsp3) is 0.667. The summed E-state index contributed by atoms with van der Waals surface area (Å²) in [6.45, 7) is 6.51. The van der Waals surface area contributed by atoms with Crippen molar-refractivity contribution in [2.45, 2.75) is 45.1 Å². The van der Waals surface area contributed by atoms with Crippen LogP contribution in [-0.2, 0) is 4.74 Å². The first kappa shape index (κ1) is 16.3. The van der Waals surface area contributed by atoms with Gasteiger partial charge in [0.2, 0.25) is 0 Å². The molecule has 0 radical (unpaired) electrons. The van der Waals surface area contributed by atoms with Crippen molar-refractivity contribution >= 4 is 0 Å². The van der Waals surface area contributed by atoms with E-state index in [2.05, 4.69) is 37.4 Å². The van der Waals surface area contributed by atoms with Crippen molar-refractivity contribution in [1.29, 1.82) is 0 Å². The Morgan fingerprint density at radius 1 is 1.24 bits per heavy atom. The van der Waals surface area contributed by atoms with Gasteiger partial charge in [-0.05, 0) is 48.3 Å². The Morgan fingerprint density at radius 3 is 2.67 bits per heavy atom. The third kappa shape index (κ3) is 4.72. The van der Waals surface area contributed by atoms with Crippen LogP contribution in [0.25, 0.3) is 0 Å². The summed E-state index contributed by atoms with van der Waals surface area (Å²) in [5, 5.41) is 3.71. The van der Waals surface area contributed by atoms with Crippen molar-refractivity contribution in [3.05, 3.63) is 29.8 Å². The van der Waals surface area contributed by atoms with Crippen molar-refractivity contribution in [1.82, 2.24) is 5.32 Å². The van der Waals surface area contributed by atoms with Gasteiger partial charge in [0.15, 0.2) is 0 Å². The molecule has 1 saturated carbocycles. The van der Waals surface area contributed by atoms with E-state index in [1.54, 1.807) is 14.2 Å². The van der Waals surface area contributed by atoms with E-state index in [1.807, 2.05) is 6.07 Å². The van der Waals surface area contributed by atoms with Gasteiger partial charge >= 0.3 is 0 Å². The van der Waals surface area contributed by atoms with Gasteiger partial charge in [0, 0.05) is 26.3 Å². The molecule has 21 heavy (non-hydrogen) atoms. The second-order valence-corrected chi connectivity index (χ2v) is 6.93. The van der Waals surface area contributed by atoms with E-state index < -0.39 is 0 Å². The van der Waals surface area contributed by atoms with Crippen LogP contribution >= 0.6 is 0 Å². The highest BCUT2D eigenvalue weighted by Crippen LogP contribution is 2.38. The molecule has 118 valence electrons. The van der Waals surface area contributed by atoms with Crippen LogP contribution in [0.5, 0.6) is 5.75 Å². The Morgan fingerprint density at radius 2 is 2.00 bits per heavy atom. The SMILES string of the molecule is COCCC(C)(C)CNC1CC(c2cccc(OC)c2)C1. The van der Waals surface area contributed by atoms with Gasteiger partial charge in [0.25, 0.3) is 0 Å². The molecule has 1 aromatic carbocycles. The number of nitrogens with one attached hydrogen (secondary N) is 1. The van der Waals surface area contributed by atoms with Crippen LogP contribution in [0.15, 0.2) is 24.3 Å². The Balaban J connectivity index is 1.74. The zero-order valence-corrected chi connectivity index (χ0v) is 13.8. The predicted molar refractivity (Wildman–Crippen MR) is 87.0 cm³/mol. The lowest BCUT2D eigenvalue weighted by atomic mass is 9.75. The highest BCUT2D eigenvalue weighted by molar-refractivity contribution is 5.32. The van der Waals surface area contributed by atoms with E-state index in [-0.39, 0.29) is 0 Å². The minimum absolute atomic E-state index is 0.303. The first-order valence-electron chi connectivity index (χ1n) is 7.90. The zero-order chi connectivity index (χ0) is 15.3. The van der Waals surface area contributed by atoms with Crippen LogP contribution in [-0.4, -0.2) is 33.4 Å². The smallest absolute Gasteiger partial charge is 0.119 e. The van der Waals surface area contributed by atoms with Gasteiger partial charge in [-0.15, -0.1) is 0 Å². The van der Waals surface area contributed by atoms with Gasteiger partial charge in [-0.1, -0.05) is 26.0 Å². The summed E-state index contributed by atoms with van der Waals surface area (Å²) in [6.07, 6.45) is 3.56. The highest BCUT2D eigenvalue weighted by atomic mass is 16.5. The maximum absolute atomic E-state index is 5.30. The summed E-state index contributed by atoms with van der Waals surface area (Å²) < 4.78 is 10.5. The summed E-state index contributed by atoms with van der Waals surface area (Å²) in [5.74, 6) is 1.64. The van der Waals surface area contributed by atoms with Gasteiger partial charge in [-0.3, -0.25) is 0 Å². The Bertz CT molecular complexity index is 439. The molecule has 1 aromatic rings. The maximum atomic E-state index is 5.30. The van der Waals surface area contributed by atoms with Gasteiger partial charge in [0.1, 0.15) is 5.75 Å². The molecule has 0 heterocycles. The van der Waals surface area contributed by atoms with Crippen LogP contribution in [0.4, 0.5) is 0 Å². The van der Waals surface area contributed by atoms with Crippen LogP contribution in [0.2, 0.25) is 0 Å². The summed E-state index contributed by atoms with van der Waals surface area (Å²) in [7, 11) is 3.50. The first-order chi connectivity index (χ1) is 10.0. The highest BCUT2D eigenvalue weighted by Gasteiger charge is 2.31. The molecule has 3 nitrogen and oxygen atoms in total. The summed E-state index contributed by atoms with van der Waals surface area (Å²) >= 11 is 0. The molecular weight excluding hydrogens is 262 g/mol. The molecule has 0 bridgehead atoms. The lowest BCUT2D eigenvalue weighted by molar-refractivity contribution is 0.144. The van der Waals surface area contributed by atoms with E-state index >= 15 is 0 Å². The number of hydrogen-bond donors (Lipinski definition) is 1. The van der Waals surface area contributed by atoms with E-state index in [0.29, 0.717) is 17.4 Å². The van der Waals surface area contributed by atoms with Crippen molar-refractivity contribution in [2.24, 2.45) is 5.41 Å². The molecule has 0 amide bonds. The Kier molecular flexibility index (Phi) is 5.65.